The third-order valence-electron chi connectivity index (χ3n) is 2.94. The molecule has 0 heterocycles. The minimum atomic E-state index is 0.795. The van der Waals surface area contributed by atoms with Crippen molar-refractivity contribution in [2.45, 2.75) is 20.8 Å². The molecule has 0 radical (unpaired) electrons. The maximum Gasteiger partial charge on any atom is 0.150 e. The van der Waals surface area contributed by atoms with Crippen molar-refractivity contribution in [2.75, 3.05) is 0 Å². The topological polar surface area (TPSA) is 17.1 Å². The Morgan fingerprint density at radius 2 is 1.73 bits per heavy atom. The van der Waals surface area contributed by atoms with E-state index >= 15 is 0 Å². The second-order valence-electron chi connectivity index (χ2n) is 4.07. The molecule has 15 heavy (non-hydrogen) atoms. The third kappa shape index (κ3) is 1.54. The molecular weight excluding hydrogens is 184 g/mol. The number of aryl methyl sites for hydroxylation is 3. The van der Waals surface area contributed by atoms with E-state index in [4.69, 9.17) is 0 Å². The molecule has 0 fully saturated rings. The highest BCUT2D eigenvalue weighted by Crippen LogP contribution is 2.25. The first kappa shape index (κ1) is 9.91. The van der Waals surface area contributed by atoms with Crippen LogP contribution in [0.15, 0.2) is 24.3 Å². The van der Waals surface area contributed by atoms with Gasteiger partial charge in [-0.25, -0.2) is 0 Å². The summed E-state index contributed by atoms with van der Waals surface area (Å²) >= 11 is 0. The molecule has 76 valence electrons. The summed E-state index contributed by atoms with van der Waals surface area (Å²) < 4.78 is 0. The van der Waals surface area contributed by atoms with E-state index in [-0.39, 0.29) is 0 Å². The maximum atomic E-state index is 10.9. The molecule has 0 aliphatic carbocycles. The van der Waals surface area contributed by atoms with Gasteiger partial charge in [-0.15, -0.1) is 0 Å². The molecule has 2 aromatic rings. The van der Waals surface area contributed by atoms with Crippen LogP contribution in [-0.4, -0.2) is 6.29 Å². The molecule has 1 heteroatoms. The molecule has 0 bridgehead atoms. The summed E-state index contributed by atoms with van der Waals surface area (Å²) in [5, 5.41) is 2.43. The molecule has 0 N–H and O–H groups in total. The van der Waals surface area contributed by atoms with E-state index in [0.29, 0.717) is 0 Å². The summed E-state index contributed by atoms with van der Waals surface area (Å²) in [5.74, 6) is 0. The highest BCUT2D eigenvalue weighted by atomic mass is 16.1. The maximum absolute atomic E-state index is 10.9. The van der Waals surface area contributed by atoms with E-state index in [9.17, 15) is 4.79 Å². The summed E-state index contributed by atoms with van der Waals surface area (Å²) in [6, 6.07) is 8.32. The van der Waals surface area contributed by atoms with Gasteiger partial charge < -0.3 is 0 Å². The Morgan fingerprint density at radius 3 is 2.40 bits per heavy atom. The molecule has 0 atom stereocenters. The first-order valence-corrected chi connectivity index (χ1v) is 5.09. The van der Waals surface area contributed by atoms with Gasteiger partial charge in [0.1, 0.15) is 6.29 Å². The molecule has 0 saturated heterocycles. The molecule has 2 rings (SSSR count). The van der Waals surface area contributed by atoms with E-state index in [2.05, 4.69) is 25.1 Å². The Kier molecular flexibility index (Phi) is 2.31. The Hall–Kier alpha value is -1.63. The van der Waals surface area contributed by atoms with Crippen molar-refractivity contribution in [1.29, 1.82) is 0 Å². The minimum absolute atomic E-state index is 0.795. The Labute approximate surface area is 89.7 Å². The average Bonchev–Trinajstić information content (AvgIpc) is 2.23. The fourth-order valence-electron chi connectivity index (χ4n) is 2.01. The lowest BCUT2D eigenvalue weighted by Crippen LogP contribution is -1.91. The first-order chi connectivity index (χ1) is 7.13. The smallest absolute Gasteiger partial charge is 0.150 e. The summed E-state index contributed by atoms with van der Waals surface area (Å²) in [6.45, 7) is 6.14. The molecule has 0 aromatic heterocycles. The summed E-state index contributed by atoms with van der Waals surface area (Å²) in [4.78, 5) is 10.9. The molecule has 0 spiro atoms. The zero-order valence-corrected chi connectivity index (χ0v) is 9.29. The predicted molar refractivity (Wildman–Crippen MR) is 63.5 cm³/mol. The van der Waals surface area contributed by atoms with Gasteiger partial charge >= 0.3 is 0 Å². The number of hydrogen-bond donors (Lipinski definition) is 0. The van der Waals surface area contributed by atoms with Crippen LogP contribution in [0.25, 0.3) is 10.8 Å². The number of carbonyl (C=O) groups is 1. The number of fused-ring (bicyclic) bond motifs is 1. The third-order valence-corrected chi connectivity index (χ3v) is 2.94. The van der Waals surface area contributed by atoms with Crippen LogP contribution in [0, 0.1) is 20.8 Å². The van der Waals surface area contributed by atoms with Crippen molar-refractivity contribution in [2.24, 2.45) is 0 Å². The Bertz CT molecular complexity index is 539. The van der Waals surface area contributed by atoms with Crippen LogP contribution in [-0.2, 0) is 0 Å². The monoisotopic (exact) mass is 198 g/mol. The van der Waals surface area contributed by atoms with E-state index in [0.717, 1.165) is 17.4 Å². The summed E-state index contributed by atoms with van der Waals surface area (Å²) in [7, 11) is 0. The lowest BCUT2D eigenvalue weighted by Gasteiger charge is -2.09. The molecule has 2 aromatic carbocycles. The fourth-order valence-corrected chi connectivity index (χ4v) is 2.01. The van der Waals surface area contributed by atoms with Gasteiger partial charge in [0.15, 0.2) is 0 Å². The fraction of sp³-hybridized carbons (Fsp3) is 0.214. The number of rotatable bonds is 1. The van der Waals surface area contributed by atoms with Crippen LogP contribution in [0.5, 0.6) is 0 Å². The molecule has 0 saturated carbocycles. The standard InChI is InChI=1S/C14H14O/c1-9-4-5-13-11(3)12(8-15)7-10(2)14(13)6-9/h4-8H,1-3H3. The van der Waals surface area contributed by atoms with Crippen molar-refractivity contribution in [3.05, 3.63) is 46.5 Å². The van der Waals surface area contributed by atoms with Crippen LogP contribution < -0.4 is 0 Å². The van der Waals surface area contributed by atoms with Crippen LogP contribution in [0.3, 0.4) is 0 Å². The second-order valence-corrected chi connectivity index (χ2v) is 4.07. The second kappa shape index (κ2) is 3.50. The average molecular weight is 198 g/mol. The predicted octanol–water partition coefficient (Wildman–Crippen LogP) is 3.58. The van der Waals surface area contributed by atoms with E-state index in [1.54, 1.807) is 0 Å². The Morgan fingerprint density at radius 1 is 1.00 bits per heavy atom. The summed E-state index contributed by atoms with van der Waals surface area (Å²) in [5.41, 5.74) is 4.29. The van der Waals surface area contributed by atoms with Gasteiger partial charge in [-0.1, -0.05) is 23.8 Å². The highest BCUT2D eigenvalue weighted by molar-refractivity contribution is 5.95. The van der Waals surface area contributed by atoms with Gasteiger partial charge in [-0.2, -0.15) is 0 Å². The van der Waals surface area contributed by atoms with Gasteiger partial charge in [0.05, 0.1) is 0 Å². The van der Waals surface area contributed by atoms with Crippen molar-refractivity contribution < 1.29 is 4.79 Å². The normalized spacial score (nSPS) is 10.6. The molecule has 0 amide bonds. The molecule has 0 aliphatic heterocycles. The van der Waals surface area contributed by atoms with Crippen LogP contribution in [0.1, 0.15) is 27.0 Å². The lowest BCUT2D eigenvalue weighted by atomic mass is 9.95. The zero-order valence-electron chi connectivity index (χ0n) is 9.29. The summed E-state index contributed by atoms with van der Waals surface area (Å²) in [6.07, 6.45) is 0.932. The minimum Gasteiger partial charge on any atom is -0.298 e. The van der Waals surface area contributed by atoms with E-state index < -0.39 is 0 Å². The number of hydrogen-bond acceptors (Lipinski definition) is 1. The molecule has 1 nitrogen and oxygen atoms in total. The highest BCUT2D eigenvalue weighted by Gasteiger charge is 2.05. The zero-order chi connectivity index (χ0) is 11.0. The van der Waals surface area contributed by atoms with Crippen molar-refractivity contribution in [1.82, 2.24) is 0 Å². The van der Waals surface area contributed by atoms with Gasteiger partial charge in [-0.05, 0) is 48.7 Å². The molecular formula is C14H14O. The van der Waals surface area contributed by atoms with Gasteiger partial charge in [0, 0.05) is 5.56 Å². The number of benzene rings is 2. The first-order valence-electron chi connectivity index (χ1n) is 5.09. The quantitative estimate of drug-likeness (QED) is 0.640. The number of aldehydes is 1. The largest absolute Gasteiger partial charge is 0.298 e. The Balaban J connectivity index is 2.92. The van der Waals surface area contributed by atoms with Crippen LogP contribution in [0.2, 0.25) is 0 Å². The van der Waals surface area contributed by atoms with Gasteiger partial charge in [0.25, 0.3) is 0 Å². The van der Waals surface area contributed by atoms with Gasteiger partial charge in [0.2, 0.25) is 0 Å². The number of carbonyl (C=O) groups excluding carboxylic acids is 1. The van der Waals surface area contributed by atoms with Crippen molar-refractivity contribution in [3.63, 3.8) is 0 Å². The molecule has 0 aliphatic rings. The van der Waals surface area contributed by atoms with Crippen LogP contribution >= 0.6 is 0 Å². The van der Waals surface area contributed by atoms with Gasteiger partial charge in [-0.3, -0.25) is 4.79 Å². The SMILES string of the molecule is Cc1ccc2c(C)c(C=O)cc(C)c2c1. The molecule has 0 unspecified atom stereocenters. The lowest BCUT2D eigenvalue weighted by molar-refractivity contribution is 0.112. The van der Waals surface area contributed by atoms with Crippen LogP contribution in [0.4, 0.5) is 0 Å². The van der Waals surface area contributed by atoms with E-state index in [1.807, 2.05) is 19.9 Å². The van der Waals surface area contributed by atoms with E-state index in [1.165, 1.54) is 21.9 Å². The van der Waals surface area contributed by atoms with Crippen molar-refractivity contribution in [3.8, 4) is 0 Å². The van der Waals surface area contributed by atoms with Crippen molar-refractivity contribution >= 4 is 17.1 Å².